The molecule has 1 fully saturated rings. The summed E-state index contributed by atoms with van der Waals surface area (Å²) in [5.74, 6) is 1.61. The Bertz CT molecular complexity index is 1230. The maximum Gasteiger partial charge on any atom is 0.230 e. The van der Waals surface area contributed by atoms with Crippen LogP contribution < -0.4 is 10.2 Å². The monoisotopic (exact) mass is 460 g/mol. The number of hydrogen-bond acceptors (Lipinski definition) is 7. The van der Waals surface area contributed by atoms with Gasteiger partial charge in [-0.15, -0.1) is 10.2 Å². The molecule has 1 aromatic carbocycles. The smallest absolute Gasteiger partial charge is 0.230 e. The zero-order valence-electron chi connectivity index (χ0n) is 17.7. The summed E-state index contributed by atoms with van der Waals surface area (Å²) in [5, 5.41) is 12.4. The lowest BCUT2D eigenvalue weighted by atomic mass is 9.97. The molecular formula is C23H21ClN8O. The van der Waals surface area contributed by atoms with Crippen molar-refractivity contribution in [3.05, 3.63) is 72.5 Å². The summed E-state index contributed by atoms with van der Waals surface area (Å²) in [6, 6.07) is 13.1. The van der Waals surface area contributed by atoms with Crippen molar-refractivity contribution in [3.63, 3.8) is 0 Å². The molecule has 5 rings (SSSR count). The van der Waals surface area contributed by atoms with E-state index >= 15 is 0 Å². The van der Waals surface area contributed by atoms with E-state index in [9.17, 15) is 4.79 Å². The van der Waals surface area contributed by atoms with Crippen LogP contribution in [0.2, 0.25) is 5.02 Å². The first-order valence-corrected chi connectivity index (χ1v) is 11.0. The third kappa shape index (κ3) is 4.83. The maximum atomic E-state index is 12.9. The van der Waals surface area contributed by atoms with Crippen molar-refractivity contribution in [3.8, 4) is 17.1 Å². The van der Waals surface area contributed by atoms with E-state index in [0.717, 1.165) is 36.5 Å². The van der Waals surface area contributed by atoms with E-state index in [1.165, 1.54) is 6.33 Å². The fraction of sp³-hybridized carbons (Fsp3) is 0.217. The number of carbonyl (C=O) groups excluding carboxylic acids is 1. The van der Waals surface area contributed by atoms with Gasteiger partial charge in [0.25, 0.3) is 0 Å². The molecule has 1 amide bonds. The van der Waals surface area contributed by atoms with Crippen molar-refractivity contribution in [2.75, 3.05) is 23.3 Å². The van der Waals surface area contributed by atoms with E-state index in [0.29, 0.717) is 23.2 Å². The predicted octanol–water partition coefficient (Wildman–Crippen LogP) is 3.63. The zero-order valence-corrected chi connectivity index (χ0v) is 18.4. The second kappa shape index (κ2) is 9.33. The molecule has 1 unspecified atom stereocenters. The predicted molar refractivity (Wildman–Crippen MR) is 125 cm³/mol. The van der Waals surface area contributed by atoms with Crippen LogP contribution in [0.15, 0.2) is 67.5 Å². The largest absolute Gasteiger partial charge is 0.354 e. The summed E-state index contributed by atoms with van der Waals surface area (Å²) in [7, 11) is 0. The number of rotatable bonds is 5. The Morgan fingerprint density at radius 1 is 1.06 bits per heavy atom. The number of carbonyl (C=O) groups is 1. The molecule has 1 aliphatic rings. The SMILES string of the molecule is O=C(Nc1cc(-n2ccnc2)ncn1)C1CCCN(c2ccc(-c3ccc(Cl)cc3)nn2)C1. The number of nitrogens with zero attached hydrogens (tertiary/aromatic N) is 7. The average Bonchev–Trinajstić information content (AvgIpc) is 3.40. The molecule has 9 nitrogen and oxygen atoms in total. The molecule has 166 valence electrons. The van der Waals surface area contributed by atoms with Crippen molar-refractivity contribution in [1.29, 1.82) is 0 Å². The Kier molecular flexibility index (Phi) is 5.95. The molecular weight excluding hydrogens is 440 g/mol. The number of amides is 1. The summed E-state index contributed by atoms with van der Waals surface area (Å²) >= 11 is 5.96. The Morgan fingerprint density at radius 3 is 2.70 bits per heavy atom. The number of imidazole rings is 1. The molecule has 0 saturated carbocycles. The van der Waals surface area contributed by atoms with Gasteiger partial charge >= 0.3 is 0 Å². The first-order chi connectivity index (χ1) is 16.2. The second-order valence-corrected chi connectivity index (χ2v) is 8.23. The van der Waals surface area contributed by atoms with Gasteiger partial charge in [0, 0.05) is 42.1 Å². The number of hydrogen-bond donors (Lipinski definition) is 1. The van der Waals surface area contributed by atoms with E-state index in [1.807, 2.05) is 36.4 Å². The second-order valence-electron chi connectivity index (χ2n) is 7.79. The molecule has 0 radical (unpaired) electrons. The molecule has 1 saturated heterocycles. The lowest BCUT2D eigenvalue weighted by Gasteiger charge is -2.32. The van der Waals surface area contributed by atoms with Gasteiger partial charge in [0.1, 0.15) is 24.3 Å². The third-order valence-corrected chi connectivity index (χ3v) is 5.83. The fourth-order valence-corrected chi connectivity index (χ4v) is 3.97. The third-order valence-electron chi connectivity index (χ3n) is 5.58. The fourth-order valence-electron chi connectivity index (χ4n) is 3.85. The van der Waals surface area contributed by atoms with Gasteiger partial charge < -0.3 is 10.2 Å². The Balaban J connectivity index is 1.24. The van der Waals surface area contributed by atoms with E-state index in [1.54, 1.807) is 29.4 Å². The first-order valence-electron chi connectivity index (χ1n) is 10.6. The van der Waals surface area contributed by atoms with Gasteiger partial charge in [0.05, 0.1) is 11.6 Å². The summed E-state index contributed by atoms with van der Waals surface area (Å²) in [4.78, 5) is 27.5. The maximum absolute atomic E-state index is 12.9. The van der Waals surface area contributed by atoms with Crippen LogP contribution in [-0.4, -0.2) is 48.7 Å². The minimum Gasteiger partial charge on any atom is -0.354 e. The molecule has 4 aromatic rings. The summed E-state index contributed by atoms with van der Waals surface area (Å²) in [5.41, 5.74) is 1.73. The van der Waals surface area contributed by atoms with Gasteiger partial charge in [-0.05, 0) is 37.1 Å². The van der Waals surface area contributed by atoms with Crippen LogP contribution in [0.5, 0.6) is 0 Å². The lowest BCUT2D eigenvalue weighted by molar-refractivity contribution is -0.120. The van der Waals surface area contributed by atoms with Crippen molar-refractivity contribution < 1.29 is 4.79 Å². The Morgan fingerprint density at radius 2 is 1.94 bits per heavy atom. The minimum atomic E-state index is -0.178. The van der Waals surface area contributed by atoms with E-state index in [2.05, 4.69) is 35.4 Å². The number of piperidine rings is 1. The van der Waals surface area contributed by atoms with Crippen LogP contribution in [0.25, 0.3) is 17.1 Å². The highest BCUT2D eigenvalue weighted by atomic mass is 35.5. The highest BCUT2D eigenvalue weighted by Crippen LogP contribution is 2.25. The normalized spacial score (nSPS) is 15.9. The van der Waals surface area contributed by atoms with Gasteiger partial charge in [0.2, 0.25) is 5.91 Å². The highest BCUT2D eigenvalue weighted by molar-refractivity contribution is 6.30. The first kappa shape index (κ1) is 21.0. The van der Waals surface area contributed by atoms with Crippen LogP contribution in [0.1, 0.15) is 12.8 Å². The number of nitrogens with one attached hydrogen (secondary N) is 1. The lowest BCUT2D eigenvalue weighted by Crippen LogP contribution is -2.41. The molecule has 4 heterocycles. The minimum absolute atomic E-state index is 0.0688. The molecule has 1 atom stereocenters. The van der Waals surface area contributed by atoms with Crippen LogP contribution in [0.4, 0.5) is 11.6 Å². The molecule has 33 heavy (non-hydrogen) atoms. The molecule has 0 bridgehead atoms. The molecule has 0 spiro atoms. The number of anilines is 2. The van der Waals surface area contributed by atoms with Crippen LogP contribution in [-0.2, 0) is 4.79 Å². The number of halogens is 1. The number of aromatic nitrogens is 6. The van der Waals surface area contributed by atoms with E-state index < -0.39 is 0 Å². The Hall–Kier alpha value is -3.85. The summed E-state index contributed by atoms with van der Waals surface area (Å²) in [6.45, 7) is 1.40. The Labute approximate surface area is 195 Å². The van der Waals surface area contributed by atoms with Crippen molar-refractivity contribution in [2.24, 2.45) is 5.92 Å². The zero-order chi connectivity index (χ0) is 22.6. The van der Waals surface area contributed by atoms with Crippen LogP contribution in [0, 0.1) is 5.92 Å². The molecule has 10 heteroatoms. The van der Waals surface area contributed by atoms with Gasteiger partial charge in [-0.25, -0.2) is 15.0 Å². The number of benzene rings is 1. The molecule has 0 aliphatic carbocycles. The average molecular weight is 461 g/mol. The van der Waals surface area contributed by atoms with E-state index in [4.69, 9.17) is 11.6 Å². The van der Waals surface area contributed by atoms with Gasteiger partial charge in [-0.3, -0.25) is 9.36 Å². The molecule has 1 N–H and O–H groups in total. The molecule has 3 aromatic heterocycles. The van der Waals surface area contributed by atoms with Crippen molar-refractivity contribution in [1.82, 2.24) is 29.7 Å². The topological polar surface area (TPSA) is 102 Å². The van der Waals surface area contributed by atoms with Crippen molar-refractivity contribution >= 4 is 29.1 Å². The van der Waals surface area contributed by atoms with E-state index in [-0.39, 0.29) is 11.8 Å². The van der Waals surface area contributed by atoms with Gasteiger partial charge in [0.15, 0.2) is 5.82 Å². The van der Waals surface area contributed by atoms with Gasteiger partial charge in [-0.2, -0.15) is 0 Å². The summed E-state index contributed by atoms with van der Waals surface area (Å²) < 4.78 is 1.76. The van der Waals surface area contributed by atoms with Crippen molar-refractivity contribution in [2.45, 2.75) is 12.8 Å². The highest BCUT2D eigenvalue weighted by Gasteiger charge is 2.27. The van der Waals surface area contributed by atoms with Crippen LogP contribution in [0.3, 0.4) is 0 Å². The molecule has 1 aliphatic heterocycles. The van der Waals surface area contributed by atoms with Crippen LogP contribution >= 0.6 is 11.6 Å². The summed E-state index contributed by atoms with van der Waals surface area (Å²) in [6.07, 6.45) is 8.22. The van der Waals surface area contributed by atoms with Gasteiger partial charge in [-0.1, -0.05) is 23.7 Å². The quantitative estimate of drug-likeness (QED) is 0.485. The standard InChI is InChI=1S/C23H21ClN8O/c24-18-5-3-16(4-6-18)19-7-8-21(30-29-19)31-10-1-2-17(13-31)23(33)28-20-12-22(27-14-26-20)32-11-9-25-15-32/h3-9,11-12,14-15,17H,1-2,10,13H2,(H,26,27,28,33).